The zero-order valence-corrected chi connectivity index (χ0v) is 11.0. The minimum Gasteiger partial charge on any atom is -0.493 e. The summed E-state index contributed by atoms with van der Waals surface area (Å²) in [6.45, 7) is 4.66. The second-order valence-electron chi connectivity index (χ2n) is 3.65. The Labute approximate surface area is 108 Å². The highest BCUT2D eigenvalue weighted by Gasteiger charge is 2.07. The maximum absolute atomic E-state index is 6.11. The summed E-state index contributed by atoms with van der Waals surface area (Å²) in [5.74, 6) is 0.833. The topological polar surface area (TPSA) is 44.5 Å². The van der Waals surface area contributed by atoms with E-state index >= 15 is 0 Å². The molecule has 0 radical (unpaired) electrons. The molecular weight excluding hydrogens is 238 g/mol. The Hall–Kier alpha value is -0.770. The molecule has 0 aromatic heterocycles. The maximum Gasteiger partial charge on any atom is 0.124 e. The molecule has 4 heteroatoms. The fourth-order valence-electron chi connectivity index (χ4n) is 1.55. The first-order valence-electron chi connectivity index (χ1n) is 5.97. The van der Waals surface area contributed by atoms with Gasteiger partial charge >= 0.3 is 0 Å². The standard InChI is InChI=1S/C13H20ClNO2/c1-2-16-9-4-10-17-13-6-3-5-12(14)11(13)7-8-15/h3,5-6H,2,4,7-10,15H2,1H3. The first-order valence-corrected chi connectivity index (χ1v) is 6.35. The number of nitrogens with two attached hydrogens (primary N) is 1. The van der Waals surface area contributed by atoms with Crippen molar-refractivity contribution < 1.29 is 9.47 Å². The van der Waals surface area contributed by atoms with Crippen LogP contribution in [0.5, 0.6) is 5.75 Å². The largest absolute Gasteiger partial charge is 0.493 e. The quantitative estimate of drug-likeness (QED) is 0.728. The van der Waals surface area contributed by atoms with E-state index in [9.17, 15) is 0 Å². The van der Waals surface area contributed by atoms with Crippen LogP contribution in [0.4, 0.5) is 0 Å². The molecule has 0 atom stereocenters. The Bertz CT molecular complexity index is 331. The van der Waals surface area contributed by atoms with E-state index < -0.39 is 0 Å². The van der Waals surface area contributed by atoms with E-state index in [0.29, 0.717) is 13.2 Å². The number of rotatable bonds is 8. The van der Waals surface area contributed by atoms with Crippen molar-refractivity contribution in [2.24, 2.45) is 5.73 Å². The summed E-state index contributed by atoms with van der Waals surface area (Å²) in [6, 6.07) is 5.68. The molecule has 1 aromatic carbocycles. The van der Waals surface area contributed by atoms with E-state index in [1.807, 2.05) is 25.1 Å². The summed E-state index contributed by atoms with van der Waals surface area (Å²) in [4.78, 5) is 0. The zero-order valence-electron chi connectivity index (χ0n) is 10.2. The monoisotopic (exact) mass is 257 g/mol. The maximum atomic E-state index is 6.11. The van der Waals surface area contributed by atoms with Gasteiger partial charge in [0.1, 0.15) is 5.75 Å². The fourth-order valence-corrected chi connectivity index (χ4v) is 1.81. The Kier molecular flexibility index (Phi) is 7.01. The van der Waals surface area contributed by atoms with Gasteiger partial charge in [0.25, 0.3) is 0 Å². The van der Waals surface area contributed by atoms with E-state index in [4.69, 9.17) is 26.8 Å². The SMILES string of the molecule is CCOCCCOc1cccc(Cl)c1CCN. The number of halogens is 1. The van der Waals surface area contributed by atoms with Gasteiger partial charge in [0.2, 0.25) is 0 Å². The van der Waals surface area contributed by atoms with Crippen molar-refractivity contribution in [3.63, 3.8) is 0 Å². The van der Waals surface area contributed by atoms with Crippen molar-refractivity contribution in [2.45, 2.75) is 19.8 Å². The molecule has 1 rings (SSSR count). The van der Waals surface area contributed by atoms with Gasteiger partial charge < -0.3 is 15.2 Å². The van der Waals surface area contributed by atoms with Crippen LogP contribution < -0.4 is 10.5 Å². The molecule has 0 saturated heterocycles. The third kappa shape index (κ3) is 4.94. The van der Waals surface area contributed by atoms with Gasteiger partial charge in [-0.2, -0.15) is 0 Å². The Balaban J connectivity index is 2.48. The van der Waals surface area contributed by atoms with Crippen LogP contribution in [-0.4, -0.2) is 26.4 Å². The average Bonchev–Trinajstić information content (AvgIpc) is 2.33. The van der Waals surface area contributed by atoms with Crippen molar-refractivity contribution >= 4 is 11.6 Å². The van der Waals surface area contributed by atoms with E-state index in [-0.39, 0.29) is 0 Å². The molecule has 0 aliphatic heterocycles. The normalized spacial score (nSPS) is 10.5. The van der Waals surface area contributed by atoms with Crippen LogP contribution in [0.15, 0.2) is 18.2 Å². The van der Waals surface area contributed by atoms with Crippen LogP contribution >= 0.6 is 11.6 Å². The van der Waals surface area contributed by atoms with E-state index in [0.717, 1.165) is 42.4 Å². The van der Waals surface area contributed by atoms with Gasteiger partial charge in [0, 0.05) is 30.2 Å². The van der Waals surface area contributed by atoms with Crippen molar-refractivity contribution in [1.29, 1.82) is 0 Å². The average molecular weight is 258 g/mol. The van der Waals surface area contributed by atoms with Gasteiger partial charge in [-0.25, -0.2) is 0 Å². The molecule has 0 bridgehead atoms. The van der Waals surface area contributed by atoms with Crippen molar-refractivity contribution in [2.75, 3.05) is 26.4 Å². The van der Waals surface area contributed by atoms with Crippen LogP contribution in [-0.2, 0) is 11.2 Å². The van der Waals surface area contributed by atoms with Crippen molar-refractivity contribution in [3.8, 4) is 5.75 Å². The minimum atomic E-state index is 0.568. The minimum absolute atomic E-state index is 0.568. The molecule has 0 aliphatic rings. The third-order valence-corrected chi connectivity index (χ3v) is 2.72. The van der Waals surface area contributed by atoms with Gasteiger partial charge in [0.05, 0.1) is 6.61 Å². The summed E-state index contributed by atoms with van der Waals surface area (Å²) in [5, 5.41) is 0.720. The smallest absolute Gasteiger partial charge is 0.124 e. The highest BCUT2D eigenvalue weighted by atomic mass is 35.5. The molecular formula is C13H20ClNO2. The summed E-state index contributed by atoms with van der Waals surface area (Å²) in [7, 11) is 0. The predicted octanol–water partition coefficient (Wildman–Crippen LogP) is 2.65. The Morgan fingerprint density at radius 1 is 1.29 bits per heavy atom. The molecule has 0 heterocycles. The van der Waals surface area contributed by atoms with Crippen LogP contribution in [0.2, 0.25) is 5.02 Å². The van der Waals surface area contributed by atoms with E-state index in [1.54, 1.807) is 0 Å². The molecule has 17 heavy (non-hydrogen) atoms. The van der Waals surface area contributed by atoms with Crippen LogP contribution in [0, 0.1) is 0 Å². The molecule has 96 valence electrons. The molecule has 0 amide bonds. The molecule has 0 spiro atoms. The van der Waals surface area contributed by atoms with Crippen molar-refractivity contribution in [1.82, 2.24) is 0 Å². The molecule has 0 saturated carbocycles. The summed E-state index contributed by atoms with van der Waals surface area (Å²) < 4.78 is 10.9. The highest BCUT2D eigenvalue weighted by molar-refractivity contribution is 6.31. The Morgan fingerprint density at radius 2 is 2.12 bits per heavy atom. The highest BCUT2D eigenvalue weighted by Crippen LogP contribution is 2.26. The van der Waals surface area contributed by atoms with E-state index in [2.05, 4.69) is 0 Å². The fraction of sp³-hybridized carbons (Fsp3) is 0.538. The first kappa shape index (κ1) is 14.3. The molecule has 3 nitrogen and oxygen atoms in total. The molecule has 0 aliphatic carbocycles. The summed E-state index contributed by atoms with van der Waals surface area (Å²) >= 11 is 6.11. The number of hydrogen-bond donors (Lipinski definition) is 1. The lowest BCUT2D eigenvalue weighted by atomic mass is 10.1. The zero-order chi connectivity index (χ0) is 12.5. The van der Waals surface area contributed by atoms with Gasteiger partial charge in [-0.1, -0.05) is 17.7 Å². The van der Waals surface area contributed by atoms with Gasteiger partial charge in [-0.15, -0.1) is 0 Å². The second-order valence-corrected chi connectivity index (χ2v) is 4.06. The number of hydrogen-bond acceptors (Lipinski definition) is 3. The van der Waals surface area contributed by atoms with Crippen LogP contribution in [0.3, 0.4) is 0 Å². The lowest BCUT2D eigenvalue weighted by molar-refractivity contribution is 0.130. The van der Waals surface area contributed by atoms with Gasteiger partial charge in [-0.05, 0) is 32.0 Å². The predicted molar refractivity (Wildman–Crippen MR) is 70.8 cm³/mol. The Morgan fingerprint density at radius 3 is 2.82 bits per heavy atom. The molecule has 2 N–H and O–H groups in total. The lowest BCUT2D eigenvalue weighted by Gasteiger charge is -2.12. The van der Waals surface area contributed by atoms with Crippen LogP contribution in [0.25, 0.3) is 0 Å². The molecule has 0 fully saturated rings. The first-order chi connectivity index (χ1) is 8.29. The van der Waals surface area contributed by atoms with Crippen LogP contribution in [0.1, 0.15) is 18.9 Å². The third-order valence-electron chi connectivity index (χ3n) is 2.36. The van der Waals surface area contributed by atoms with Gasteiger partial charge in [0.15, 0.2) is 0 Å². The summed E-state index contributed by atoms with van der Waals surface area (Å²) in [6.07, 6.45) is 1.61. The molecule has 0 unspecified atom stereocenters. The number of benzene rings is 1. The van der Waals surface area contributed by atoms with Gasteiger partial charge in [-0.3, -0.25) is 0 Å². The molecule has 1 aromatic rings. The lowest BCUT2D eigenvalue weighted by Crippen LogP contribution is -2.08. The summed E-state index contributed by atoms with van der Waals surface area (Å²) in [5.41, 5.74) is 6.55. The second kappa shape index (κ2) is 8.34. The number of ether oxygens (including phenoxy) is 2. The van der Waals surface area contributed by atoms with Crippen molar-refractivity contribution in [3.05, 3.63) is 28.8 Å². The van der Waals surface area contributed by atoms with E-state index in [1.165, 1.54) is 0 Å².